The van der Waals surface area contributed by atoms with Gasteiger partial charge in [0.25, 0.3) is 0 Å². The third-order valence-electron chi connectivity index (χ3n) is 1.75. The van der Waals surface area contributed by atoms with Crippen LogP contribution in [0.3, 0.4) is 0 Å². The summed E-state index contributed by atoms with van der Waals surface area (Å²) in [7, 11) is 3.45. The van der Waals surface area contributed by atoms with Gasteiger partial charge in [-0.05, 0) is 6.42 Å². The molecule has 10 heteroatoms. The van der Waals surface area contributed by atoms with Crippen LogP contribution in [0.2, 0.25) is 0 Å². The van der Waals surface area contributed by atoms with Gasteiger partial charge in [0.1, 0.15) is 0 Å². The normalized spacial score (nSPS) is 11.2. The van der Waals surface area contributed by atoms with Crippen LogP contribution in [0.1, 0.15) is 19.8 Å². The molecule has 116 valence electrons. The average molecular weight is 286 g/mol. The molecule has 0 bridgehead atoms. The summed E-state index contributed by atoms with van der Waals surface area (Å²) in [4.78, 5) is 8.95. The molecule has 10 nitrogen and oxygen atoms in total. The lowest BCUT2D eigenvalue weighted by Crippen LogP contribution is -2.40. The zero-order valence-electron chi connectivity index (χ0n) is 12.3. The Morgan fingerprint density at radius 3 is 2.00 bits per heavy atom. The zero-order chi connectivity index (χ0) is 16.1. The highest BCUT2D eigenvalue weighted by atomic mass is 15.2. The van der Waals surface area contributed by atoms with Gasteiger partial charge in [0.15, 0.2) is 17.9 Å². The van der Waals surface area contributed by atoms with E-state index in [4.69, 9.17) is 33.8 Å². The molecule has 0 saturated heterocycles. The monoisotopic (exact) mass is 286 g/mol. The minimum Gasteiger partial charge on any atom is -0.370 e. The first-order valence-electron chi connectivity index (χ1n) is 5.97. The highest BCUT2D eigenvalue weighted by Crippen LogP contribution is 1.85. The van der Waals surface area contributed by atoms with Crippen LogP contribution >= 0.6 is 0 Å². The maximum absolute atomic E-state index is 6.81. The number of nitrogens with zero attached hydrogens (tertiary/aromatic N) is 3. The number of unbranched alkanes of at least 4 members (excludes halogenated alkanes) is 1. The summed E-state index contributed by atoms with van der Waals surface area (Å²) in [5.41, 5.74) is 20.5. The number of nitrogens with two attached hydrogens (primary N) is 4. The van der Waals surface area contributed by atoms with E-state index in [1.165, 1.54) is 0 Å². The molecular weight excluding hydrogens is 260 g/mol. The summed E-state index contributed by atoms with van der Waals surface area (Å²) < 4.78 is 0. The van der Waals surface area contributed by atoms with Crippen molar-refractivity contribution in [3.05, 3.63) is 0 Å². The third-order valence-corrected chi connectivity index (χ3v) is 1.75. The topological polar surface area (TPSA) is 192 Å². The summed E-state index contributed by atoms with van der Waals surface area (Å²) >= 11 is 0. The van der Waals surface area contributed by atoms with Crippen LogP contribution in [0.25, 0.3) is 0 Å². The molecule has 0 unspecified atom stereocenters. The van der Waals surface area contributed by atoms with E-state index < -0.39 is 0 Å². The van der Waals surface area contributed by atoms with Crippen LogP contribution < -0.4 is 28.3 Å². The molecule has 0 aromatic heterocycles. The second-order valence-electron chi connectivity index (χ2n) is 3.91. The minimum atomic E-state index is -0.277. The van der Waals surface area contributed by atoms with Gasteiger partial charge < -0.3 is 27.8 Å². The average Bonchev–Trinajstić information content (AvgIpc) is 2.28. The summed E-state index contributed by atoms with van der Waals surface area (Å²) in [5.74, 6) is -0.00241. The van der Waals surface area contributed by atoms with Crippen molar-refractivity contribution in [2.75, 3.05) is 20.6 Å². The Morgan fingerprint density at radius 2 is 1.70 bits per heavy atom. The second kappa shape index (κ2) is 11.6. The van der Waals surface area contributed by atoms with E-state index in [0.29, 0.717) is 6.54 Å². The molecule has 0 amide bonds. The molecule has 0 heterocycles. The highest BCUT2D eigenvalue weighted by Gasteiger charge is 1.92. The van der Waals surface area contributed by atoms with E-state index in [1.54, 1.807) is 19.0 Å². The number of hydrogen-bond acceptors (Lipinski definition) is 3. The summed E-state index contributed by atoms with van der Waals surface area (Å²) in [6.45, 7) is 2.76. The van der Waals surface area contributed by atoms with E-state index in [0.717, 1.165) is 12.8 Å². The van der Waals surface area contributed by atoms with Crippen LogP contribution in [0.5, 0.6) is 0 Å². The molecule has 0 fully saturated rings. The smallest absolute Gasteiger partial charge is 0.215 e. The van der Waals surface area contributed by atoms with Gasteiger partial charge in [-0.15, -0.1) is 0 Å². The first-order valence-corrected chi connectivity index (χ1v) is 5.97. The van der Waals surface area contributed by atoms with Gasteiger partial charge >= 0.3 is 0 Å². The summed E-state index contributed by atoms with van der Waals surface area (Å²) in [6.07, 6.45) is 2.08. The molecule has 0 saturated carbocycles. The van der Waals surface area contributed by atoms with Crippen LogP contribution in [-0.4, -0.2) is 49.4 Å². The zero-order valence-corrected chi connectivity index (χ0v) is 12.3. The first kappa shape index (κ1) is 19.8. The molecular formula is C10H26N10. The maximum atomic E-state index is 6.81. The molecule has 0 radical (unpaired) electrons. The number of rotatable bonds is 3. The molecule has 20 heavy (non-hydrogen) atoms. The molecule has 11 N–H and O–H groups in total. The Labute approximate surface area is 119 Å². The number of nitrogens with one attached hydrogen (secondary N) is 3. The Kier molecular flexibility index (Phi) is 11.5. The minimum absolute atomic E-state index is 0.178. The van der Waals surface area contributed by atoms with Crippen molar-refractivity contribution in [2.24, 2.45) is 32.9 Å². The molecule has 0 aromatic rings. The lowest BCUT2D eigenvalue weighted by molar-refractivity contribution is 0.615. The quantitative estimate of drug-likeness (QED) is 0.184. The van der Waals surface area contributed by atoms with Gasteiger partial charge in [-0.3, -0.25) is 21.1 Å². The molecule has 0 aliphatic carbocycles. The molecule has 0 atom stereocenters. The van der Waals surface area contributed by atoms with Crippen LogP contribution in [-0.2, 0) is 0 Å². The Balaban J connectivity index is 0. The largest absolute Gasteiger partial charge is 0.370 e. The number of guanidine groups is 4. The molecule has 0 rings (SSSR count). The van der Waals surface area contributed by atoms with E-state index in [-0.39, 0.29) is 23.8 Å². The Hall–Kier alpha value is -2.52. The van der Waals surface area contributed by atoms with Gasteiger partial charge in [0.05, 0.1) is 0 Å². The van der Waals surface area contributed by atoms with Crippen molar-refractivity contribution in [3.63, 3.8) is 0 Å². The lowest BCUT2D eigenvalue weighted by Gasteiger charge is -2.08. The summed E-state index contributed by atoms with van der Waals surface area (Å²) in [5, 5.41) is 15.9. The SMILES string of the molecule is CCCCN=C(N)NC(=N)N.CN(C)/C(N)=N/C(=N)N. The maximum Gasteiger partial charge on any atom is 0.215 e. The van der Waals surface area contributed by atoms with Crippen molar-refractivity contribution in [2.45, 2.75) is 19.8 Å². The third kappa shape index (κ3) is 15.5. The molecule has 0 aliphatic heterocycles. The number of aliphatic imine (C=N–C) groups is 2. The first-order chi connectivity index (χ1) is 9.20. The van der Waals surface area contributed by atoms with E-state index in [9.17, 15) is 0 Å². The lowest BCUT2D eigenvalue weighted by atomic mass is 10.3. The molecule has 0 aliphatic rings. The van der Waals surface area contributed by atoms with Gasteiger partial charge in [-0.2, -0.15) is 4.99 Å². The van der Waals surface area contributed by atoms with Crippen LogP contribution in [0, 0.1) is 10.8 Å². The van der Waals surface area contributed by atoms with Gasteiger partial charge in [0.2, 0.25) is 5.96 Å². The Morgan fingerprint density at radius 1 is 1.15 bits per heavy atom. The van der Waals surface area contributed by atoms with Crippen LogP contribution in [0.4, 0.5) is 0 Å². The second-order valence-corrected chi connectivity index (χ2v) is 3.91. The standard InChI is InChI=1S/C6H15N5.C4H11N5/c1-2-3-4-10-6(9)11-5(7)8;1-9(2)4(7)8-3(5)6/h2-4H2,1H3,(H6,7,8,9,10,11);1-2H3,(H5,5,6,7,8). The Bertz CT molecular complexity index is 357. The predicted octanol–water partition coefficient (Wildman–Crippen LogP) is -1.66. The van der Waals surface area contributed by atoms with E-state index in [1.807, 2.05) is 0 Å². The molecule has 0 aromatic carbocycles. The van der Waals surface area contributed by atoms with Crippen molar-refractivity contribution in [1.29, 1.82) is 10.8 Å². The van der Waals surface area contributed by atoms with Gasteiger partial charge in [0, 0.05) is 20.6 Å². The fourth-order valence-electron chi connectivity index (χ4n) is 0.759. The fourth-order valence-corrected chi connectivity index (χ4v) is 0.759. The van der Waals surface area contributed by atoms with Crippen molar-refractivity contribution < 1.29 is 0 Å². The number of hydrogen-bond donors (Lipinski definition) is 7. The van der Waals surface area contributed by atoms with E-state index >= 15 is 0 Å². The van der Waals surface area contributed by atoms with Gasteiger partial charge in [-0.25, -0.2) is 0 Å². The molecule has 0 spiro atoms. The fraction of sp³-hybridized carbons (Fsp3) is 0.600. The van der Waals surface area contributed by atoms with E-state index in [2.05, 4.69) is 22.2 Å². The highest BCUT2D eigenvalue weighted by molar-refractivity contribution is 5.95. The van der Waals surface area contributed by atoms with Crippen molar-refractivity contribution >= 4 is 23.8 Å². The van der Waals surface area contributed by atoms with Crippen LogP contribution in [0.15, 0.2) is 9.98 Å². The van der Waals surface area contributed by atoms with Crippen molar-refractivity contribution in [1.82, 2.24) is 10.2 Å². The van der Waals surface area contributed by atoms with Gasteiger partial charge in [-0.1, -0.05) is 13.3 Å². The predicted molar refractivity (Wildman–Crippen MR) is 83.7 cm³/mol. The van der Waals surface area contributed by atoms with Crippen molar-refractivity contribution in [3.8, 4) is 0 Å². The summed E-state index contributed by atoms with van der Waals surface area (Å²) in [6, 6.07) is 0.